The zero-order valence-corrected chi connectivity index (χ0v) is 11.3. The zero-order valence-electron chi connectivity index (χ0n) is 11.3. The molecular weight excluding hydrogens is 226 g/mol. The molecule has 0 aliphatic carbocycles. The van der Waals surface area contributed by atoms with Gasteiger partial charge in [0.25, 0.3) is 0 Å². The second-order valence-corrected chi connectivity index (χ2v) is 5.31. The van der Waals surface area contributed by atoms with Crippen LogP contribution in [0.4, 0.5) is 0 Å². The van der Waals surface area contributed by atoms with Gasteiger partial charge in [0, 0.05) is 12.6 Å². The Kier molecular flexibility index (Phi) is 4.02. The van der Waals surface area contributed by atoms with Gasteiger partial charge in [0.2, 0.25) is 0 Å². The van der Waals surface area contributed by atoms with Crippen LogP contribution in [0.5, 0.6) is 0 Å². The number of piperidine rings is 1. The Labute approximate surface area is 109 Å². The number of hydrogen-bond donors (Lipinski definition) is 0. The van der Waals surface area contributed by atoms with Crippen LogP contribution in [-0.2, 0) is 4.74 Å². The Morgan fingerprint density at radius 1 is 1.28 bits per heavy atom. The highest BCUT2D eigenvalue weighted by molar-refractivity contribution is 5.89. The molecule has 0 radical (unpaired) electrons. The number of likely N-dealkylation sites (tertiary alicyclic amines) is 1. The molecule has 2 rings (SSSR count). The fourth-order valence-corrected chi connectivity index (χ4v) is 2.45. The van der Waals surface area contributed by atoms with Gasteiger partial charge in [-0.25, -0.2) is 4.79 Å². The fraction of sp³-hybridized carbons (Fsp3) is 0.533. The lowest BCUT2D eigenvalue weighted by Gasteiger charge is -2.39. The van der Waals surface area contributed by atoms with Crippen LogP contribution < -0.4 is 0 Å². The lowest BCUT2D eigenvalue weighted by atomic mass is 9.91. The van der Waals surface area contributed by atoms with Gasteiger partial charge in [0.1, 0.15) is 6.10 Å². The Hall–Kier alpha value is -1.35. The van der Waals surface area contributed by atoms with E-state index in [1.807, 2.05) is 18.2 Å². The van der Waals surface area contributed by atoms with Crippen LogP contribution in [0.25, 0.3) is 0 Å². The summed E-state index contributed by atoms with van der Waals surface area (Å²) in [4.78, 5) is 14.3. The molecule has 1 heterocycles. The lowest BCUT2D eigenvalue weighted by molar-refractivity contribution is -0.0212. The summed E-state index contributed by atoms with van der Waals surface area (Å²) in [5.41, 5.74) is 0.631. The highest BCUT2D eigenvalue weighted by Crippen LogP contribution is 2.24. The first kappa shape index (κ1) is 13.1. The van der Waals surface area contributed by atoms with Crippen molar-refractivity contribution in [2.45, 2.75) is 32.4 Å². The van der Waals surface area contributed by atoms with Crippen LogP contribution in [0, 0.1) is 5.92 Å². The largest absolute Gasteiger partial charge is 0.457 e. The molecule has 18 heavy (non-hydrogen) atoms. The molecule has 1 fully saturated rings. The van der Waals surface area contributed by atoms with Crippen molar-refractivity contribution in [3.05, 3.63) is 35.9 Å². The standard InChI is InChI=1S/C15H21NO2/c1-11-9-12(2)16(3)10-14(11)18-15(17)13-7-5-4-6-8-13/h4-8,11-12,14H,9-10H2,1-3H3. The van der Waals surface area contributed by atoms with E-state index in [-0.39, 0.29) is 12.1 Å². The lowest BCUT2D eigenvalue weighted by Crippen LogP contribution is -2.47. The van der Waals surface area contributed by atoms with E-state index < -0.39 is 0 Å². The number of likely N-dealkylation sites (N-methyl/N-ethyl adjacent to an activating group) is 1. The predicted molar refractivity (Wildman–Crippen MR) is 71.5 cm³/mol. The van der Waals surface area contributed by atoms with E-state index in [0.29, 0.717) is 17.5 Å². The third kappa shape index (κ3) is 2.91. The number of benzene rings is 1. The quantitative estimate of drug-likeness (QED) is 0.752. The van der Waals surface area contributed by atoms with Crippen LogP contribution in [-0.4, -0.2) is 36.6 Å². The highest BCUT2D eigenvalue weighted by atomic mass is 16.5. The monoisotopic (exact) mass is 247 g/mol. The minimum atomic E-state index is -0.213. The first-order valence-electron chi connectivity index (χ1n) is 6.54. The molecule has 0 saturated carbocycles. The summed E-state index contributed by atoms with van der Waals surface area (Å²) in [5.74, 6) is 0.208. The molecule has 0 N–H and O–H groups in total. The van der Waals surface area contributed by atoms with E-state index in [2.05, 4.69) is 25.8 Å². The second-order valence-electron chi connectivity index (χ2n) is 5.31. The molecule has 0 aromatic heterocycles. The third-order valence-corrected chi connectivity index (χ3v) is 3.84. The zero-order chi connectivity index (χ0) is 13.1. The third-order valence-electron chi connectivity index (χ3n) is 3.84. The topological polar surface area (TPSA) is 29.5 Å². The predicted octanol–water partition coefficient (Wildman–Crippen LogP) is 2.57. The Balaban J connectivity index is 1.99. The van der Waals surface area contributed by atoms with Gasteiger partial charge in [0.15, 0.2) is 0 Å². The molecule has 1 saturated heterocycles. The van der Waals surface area contributed by atoms with E-state index >= 15 is 0 Å². The maximum absolute atomic E-state index is 12.0. The summed E-state index contributed by atoms with van der Waals surface area (Å²) in [5, 5.41) is 0. The van der Waals surface area contributed by atoms with Gasteiger partial charge in [-0.15, -0.1) is 0 Å². The number of nitrogens with zero attached hydrogens (tertiary/aromatic N) is 1. The minimum absolute atomic E-state index is 0.00101. The van der Waals surface area contributed by atoms with E-state index in [1.54, 1.807) is 12.1 Å². The first-order chi connectivity index (χ1) is 8.58. The molecule has 1 aromatic carbocycles. The van der Waals surface area contributed by atoms with Crippen molar-refractivity contribution in [1.82, 2.24) is 4.90 Å². The number of ether oxygens (including phenoxy) is 1. The van der Waals surface area contributed by atoms with E-state index in [9.17, 15) is 4.79 Å². The molecule has 3 nitrogen and oxygen atoms in total. The average Bonchev–Trinajstić information content (AvgIpc) is 2.37. The Bertz CT molecular complexity index is 404. The Morgan fingerprint density at radius 2 is 1.94 bits per heavy atom. The average molecular weight is 247 g/mol. The number of rotatable bonds is 2. The van der Waals surface area contributed by atoms with E-state index in [1.165, 1.54) is 0 Å². The fourth-order valence-electron chi connectivity index (χ4n) is 2.45. The van der Waals surface area contributed by atoms with E-state index in [0.717, 1.165) is 13.0 Å². The smallest absolute Gasteiger partial charge is 0.338 e. The SMILES string of the molecule is CC1CC(C)N(C)CC1OC(=O)c1ccccc1. The van der Waals surface area contributed by atoms with Crippen LogP contribution in [0.15, 0.2) is 30.3 Å². The van der Waals surface area contributed by atoms with Crippen molar-refractivity contribution < 1.29 is 9.53 Å². The van der Waals surface area contributed by atoms with Gasteiger partial charge in [0.05, 0.1) is 5.56 Å². The molecule has 98 valence electrons. The summed E-state index contributed by atoms with van der Waals surface area (Å²) in [6, 6.07) is 9.76. The molecule has 3 unspecified atom stereocenters. The highest BCUT2D eigenvalue weighted by Gasteiger charge is 2.31. The summed E-state index contributed by atoms with van der Waals surface area (Å²) >= 11 is 0. The number of esters is 1. The van der Waals surface area contributed by atoms with Crippen LogP contribution in [0.2, 0.25) is 0 Å². The Morgan fingerprint density at radius 3 is 2.61 bits per heavy atom. The number of carbonyl (C=O) groups excluding carboxylic acids is 1. The molecule has 0 amide bonds. The van der Waals surface area contributed by atoms with Crippen molar-refractivity contribution in [3.63, 3.8) is 0 Å². The molecule has 1 aliphatic heterocycles. The van der Waals surface area contributed by atoms with Crippen molar-refractivity contribution in [2.75, 3.05) is 13.6 Å². The summed E-state index contributed by atoms with van der Waals surface area (Å²) < 4.78 is 5.63. The van der Waals surface area contributed by atoms with Gasteiger partial charge in [-0.05, 0) is 38.4 Å². The van der Waals surface area contributed by atoms with Gasteiger partial charge in [-0.1, -0.05) is 25.1 Å². The molecule has 3 heteroatoms. The molecule has 1 aromatic rings. The van der Waals surface area contributed by atoms with Crippen molar-refractivity contribution >= 4 is 5.97 Å². The normalized spacial score (nSPS) is 28.9. The molecular formula is C15H21NO2. The van der Waals surface area contributed by atoms with Gasteiger partial charge >= 0.3 is 5.97 Å². The van der Waals surface area contributed by atoms with Crippen LogP contribution >= 0.6 is 0 Å². The maximum Gasteiger partial charge on any atom is 0.338 e. The molecule has 3 atom stereocenters. The van der Waals surface area contributed by atoms with Crippen molar-refractivity contribution in [2.24, 2.45) is 5.92 Å². The van der Waals surface area contributed by atoms with Gasteiger partial charge in [-0.3, -0.25) is 4.90 Å². The first-order valence-corrected chi connectivity index (χ1v) is 6.54. The summed E-state index contributed by atoms with van der Waals surface area (Å²) in [6.07, 6.45) is 1.07. The van der Waals surface area contributed by atoms with Crippen LogP contribution in [0.1, 0.15) is 30.6 Å². The van der Waals surface area contributed by atoms with Crippen molar-refractivity contribution in [1.29, 1.82) is 0 Å². The molecule has 1 aliphatic rings. The summed E-state index contributed by atoms with van der Waals surface area (Å²) in [7, 11) is 2.08. The maximum atomic E-state index is 12.0. The van der Waals surface area contributed by atoms with Gasteiger partial charge < -0.3 is 4.74 Å². The number of hydrogen-bond acceptors (Lipinski definition) is 3. The minimum Gasteiger partial charge on any atom is -0.457 e. The number of carbonyl (C=O) groups is 1. The van der Waals surface area contributed by atoms with Gasteiger partial charge in [-0.2, -0.15) is 0 Å². The molecule has 0 bridgehead atoms. The van der Waals surface area contributed by atoms with Crippen LogP contribution in [0.3, 0.4) is 0 Å². The second kappa shape index (κ2) is 5.53. The van der Waals surface area contributed by atoms with E-state index in [4.69, 9.17) is 4.74 Å². The molecule has 0 spiro atoms. The summed E-state index contributed by atoms with van der Waals surface area (Å²) in [6.45, 7) is 5.19. The van der Waals surface area contributed by atoms with Crippen molar-refractivity contribution in [3.8, 4) is 0 Å².